The van der Waals surface area contributed by atoms with Crippen molar-refractivity contribution in [2.45, 2.75) is 76.7 Å². The van der Waals surface area contributed by atoms with E-state index >= 15 is 0 Å². The normalized spacial score (nSPS) is 22.4. The Labute approximate surface area is 190 Å². The van der Waals surface area contributed by atoms with Crippen LogP contribution in [0.4, 0.5) is 10.2 Å². The molecule has 1 amide bonds. The second-order valence-electron chi connectivity index (χ2n) is 9.63. The van der Waals surface area contributed by atoms with Gasteiger partial charge in [0.15, 0.2) is 0 Å². The fourth-order valence-corrected chi connectivity index (χ4v) is 5.73. The lowest BCUT2D eigenvalue weighted by atomic mass is 9.94. The van der Waals surface area contributed by atoms with Crippen LogP contribution in [0.1, 0.15) is 73.5 Å². The highest BCUT2D eigenvalue weighted by molar-refractivity contribution is 5.95. The smallest absolute Gasteiger partial charge is 0.228 e. The van der Waals surface area contributed by atoms with Gasteiger partial charge >= 0.3 is 0 Å². The zero-order chi connectivity index (χ0) is 22.1. The molecule has 0 radical (unpaired) electrons. The summed E-state index contributed by atoms with van der Waals surface area (Å²) in [4.78, 5) is 27.1. The molecule has 170 valence electrons. The largest absolute Gasteiger partial charge is 0.300 e. The molecule has 1 aromatic heterocycles. The van der Waals surface area contributed by atoms with Crippen molar-refractivity contribution in [1.82, 2.24) is 14.9 Å². The first kappa shape index (κ1) is 21.5. The average molecular weight is 437 g/mol. The van der Waals surface area contributed by atoms with Gasteiger partial charge in [-0.05, 0) is 57.2 Å². The van der Waals surface area contributed by atoms with Crippen molar-refractivity contribution in [3.63, 3.8) is 0 Å². The van der Waals surface area contributed by atoms with Crippen LogP contribution in [0.25, 0.3) is 0 Å². The second kappa shape index (κ2) is 9.26. The predicted octanol–water partition coefficient (Wildman–Crippen LogP) is 4.57. The van der Waals surface area contributed by atoms with Gasteiger partial charge in [0.25, 0.3) is 0 Å². The van der Waals surface area contributed by atoms with E-state index in [0.717, 1.165) is 42.4 Å². The van der Waals surface area contributed by atoms with Crippen molar-refractivity contribution < 1.29 is 9.18 Å². The van der Waals surface area contributed by atoms with Crippen LogP contribution in [-0.4, -0.2) is 46.5 Å². The molecule has 6 heteroatoms. The fourth-order valence-electron chi connectivity index (χ4n) is 5.73. The third-order valence-corrected chi connectivity index (χ3v) is 7.59. The number of halogens is 1. The Kier molecular flexibility index (Phi) is 6.22. The Morgan fingerprint density at radius 2 is 1.88 bits per heavy atom. The van der Waals surface area contributed by atoms with Gasteiger partial charge in [0.2, 0.25) is 5.91 Å². The van der Waals surface area contributed by atoms with Crippen molar-refractivity contribution in [1.29, 1.82) is 0 Å². The molecule has 2 aliphatic heterocycles. The standard InChI is InChI=1S/C26H33FN4O/c1-18-22-11-12-24(32)31(16-14-19-7-5-6-10-23(19)27)26(22)29-25(28-18)20-13-15-30(17-20)21-8-3-2-4-9-21/h5-7,10,20-21H,2-4,8-9,11-17H2,1H3/t20-/m1/s1. The second-order valence-corrected chi connectivity index (χ2v) is 9.63. The third kappa shape index (κ3) is 4.29. The molecule has 3 heterocycles. The third-order valence-electron chi connectivity index (χ3n) is 7.59. The molecular weight excluding hydrogens is 403 g/mol. The zero-order valence-corrected chi connectivity index (χ0v) is 19.0. The molecule has 1 aliphatic carbocycles. The number of nitrogens with zero attached hydrogens (tertiary/aromatic N) is 4. The Morgan fingerprint density at radius 1 is 1.06 bits per heavy atom. The maximum atomic E-state index is 14.1. The first-order chi connectivity index (χ1) is 15.6. The molecule has 2 fully saturated rings. The first-order valence-corrected chi connectivity index (χ1v) is 12.3. The Morgan fingerprint density at radius 3 is 2.69 bits per heavy atom. The van der Waals surface area contributed by atoms with Crippen LogP contribution >= 0.6 is 0 Å². The Balaban J connectivity index is 1.36. The predicted molar refractivity (Wildman–Crippen MR) is 123 cm³/mol. The number of carbonyl (C=O) groups is 1. The van der Waals surface area contributed by atoms with E-state index in [2.05, 4.69) is 4.90 Å². The molecule has 1 atom stereocenters. The number of aromatic nitrogens is 2. The first-order valence-electron chi connectivity index (χ1n) is 12.3. The molecule has 0 spiro atoms. The summed E-state index contributed by atoms with van der Waals surface area (Å²) < 4.78 is 14.1. The van der Waals surface area contributed by atoms with E-state index in [4.69, 9.17) is 9.97 Å². The van der Waals surface area contributed by atoms with E-state index in [1.54, 1.807) is 17.0 Å². The minimum absolute atomic E-state index is 0.0770. The minimum Gasteiger partial charge on any atom is -0.300 e. The van der Waals surface area contributed by atoms with Crippen LogP contribution in [0.2, 0.25) is 0 Å². The van der Waals surface area contributed by atoms with Gasteiger partial charge in [-0.15, -0.1) is 0 Å². The summed E-state index contributed by atoms with van der Waals surface area (Å²) in [5.74, 6) is 1.83. The summed E-state index contributed by atoms with van der Waals surface area (Å²) in [5, 5.41) is 0. The highest BCUT2D eigenvalue weighted by Gasteiger charge is 2.34. The number of hydrogen-bond donors (Lipinski definition) is 0. The molecular formula is C26H33FN4O. The minimum atomic E-state index is -0.217. The summed E-state index contributed by atoms with van der Waals surface area (Å²) in [6, 6.07) is 7.52. The van der Waals surface area contributed by atoms with Gasteiger partial charge in [0, 0.05) is 42.7 Å². The van der Waals surface area contributed by atoms with Gasteiger partial charge in [-0.2, -0.15) is 0 Å². The van der Waals surface area contributed by atoms with Crippen LogP contribution in [0.15, 0.2) is 24.3 Å². The number of fused-ring (bicyclic) bond motifs is 1. The molecule has 32 heavy (non-hydrogen) atoms. The molecule has 1 saturated carbocycles. The number of amides is 1. The monoisotopic (exact) mass is 436 g/mol. The Bertz CT molecular complexity index is 988. The molecule has 5 nitrogen and oxygen atoms in total. The van der Waals surface area contributed by atoms with Crippen molar-refractivity contribution in [3.8, 4) is 0 Å². The van der Waals surface area contributed by atoms with E-state index in [1.165, 1.54) is 38.2 Å². The van der Waals surface area contributed by atoms with Crippen molar-refractivity contribution in [2.24, 2.45) is 0 Å². The van der Waals surface area contributed by atoms with E-state index in [9.17, 15) is 9.18 Å². The summed E-state index contributed by atoms with van der Waals surface area (Å²) in [7, 11) is 0. The summed E-state index contributed by atoms with van der Waals surface area (Å²) >= 11 is 0. The van der Waals surface area contributed by atoms with Crippen LogP contribution in [0.5, 0.6) is 0 Å². The highest BCUT2D eigenvalue weighted by atomic mass is 19.1. The van der Waals surface area contributed by atoms with E-state index in [1.807, 2.05) is 13.0 Å². The number of likely N-dealkylation sites (tertiary alicyclic amines) is 1. The molecule has 0 unspecified atom stereocenters. The fraction of sp³-hybridized carbons (Fsp3) is 0.577. The van der Waals surface area contributed by atoms with Crippen molar-refractivity contribution >= 4 is 11.7 Å². The van der Waals surface area contributed by atoms with Gasteiger partial charge in [-0.3, -0.25) is 14.6 Å². The molecule has 3 aliphatic rings. The van der Waals surface area contributed by atoms with Gasteiger partial charge in [-0.25, -0.2) is 14.4 Å². The lowest BCUT2D eigenvalue weighted by molar-refractivity contribution is -0.118. The summed E-state index contributed by atoms with van der Waals surface area (Å²) in [5.41, 5.74) is 2.70. The number of hydrogen-bond acceptors (Lipinski definition) is 4. The maximum absolute atomic E-state index is 14.1. The Hall–Kier alpha value is -2.34. The van der Waals surface area contributed by atoms with Crippen LogP contribution in [0, 0.1) is 12.7 Å². The van der Waals surface area contributed by atoms with E-state index < -0.39 is 0 Å². The molecule has 1 aromatic carbocycles. The van der Waals surface area contributed by atoms with Gasteiger partial charge in [0.05, 0.1) is 0 Å². The van der Waals surface area contributed by atoms with Crippen molar-refractivity contribution in [2.75, 3.05) is 24.5 Å². The van der Waals surface area contributed by atoms with Gasteiger partial charge in [-0.1, -0.05) is 37.5 Å². The quantitative estimate of drug-likeness (QED) is 0.689. The number of aryl methyl sites for hydroxylation is 1. The van der Waals surface area contributed by atoms with Crippen LogP contribution in [-0.2, 0) is 17.6 Å². The molecule has 1 saturated heterocycles. The molecule has 0 bridgehead atoms. The van der Waals surface area contributed by atoms with Crippen LogP contribution < -0.4 is 4.90 Å². The maximum Gasteiger partial charge on any atom is 0.228 e. The summed E-state index contributed by atoms with van der Waals surface area (Å²) in [6.07, 6.45) is 9.41. The number of rotatable bonds is 5. The zero-order valence-electron chi connectivity index (χ0n) is 19.0. The topological polar surface area (TPSA) is 49.3 Å². The molecule has 2 aromatic rings. The van der Waals surface area contributed by atoms with Crippen LogP contribution in [0.3, 0.4) is 0 Å². The van der Waals surface area contributed by atoms with Crippen molar-refractivity contribution in [3.05, 3.63) is 52.7 Å². The lowest BCUT2D eigenvalue weighted by Gasteiger charge is -2.31. The number of benzene rings is 1. The number of carbonyl (C=O) groups excluding carboxylic acids is 1. The van der Waals surface area contributed by atoms with Gasteiger partial charge in [0.1, 0.15) is 17.5 Å². The number of anilines is 1. The highest BCUT2D eigenvalue weighted by Crippen LogP contribution is 2.34. The van der Waals surface area contributed by atoms with E-state index in [0.29, 0.717) is 43.3 Å². The summed E-state index contributed by atoms with van der Waals surface area (Å²) in [6.45, 7) is 4.63. The molecule has 5 rings (SSSR count). The van der Waals surface area contributed by atoms with Gasteiger partial charge < -0.3 is 0 Å². The average Bonchev–Trinajstić information content (AvgIpc) is 3.30. The lowest BCUT2D eigenvalue weighted by Crippen LogP contribution is -2.38. The van der Waals surface area contributed by atoms with E-state index in [-0.39, 0.29) is 11.7 Å². The molecule has 0 N–H and O–H groups in total. The SMILES string of the molecule is Cc1nc([C@@H]2CCN(C3CCCCC3)C2)nc2c1CCC(=O)N2CCc1ccccc1F.